The predicted octanol–water partition coefficient (Wildman–Crippen LogP) is -0.451. The van der Waals surface area contributed by atoms with E-state index in [1.54, 1.807) is 0 Å². The molecule has 0 atom stereocenters. The largest absolute Gasteiger partial charge is 0.411 e. The monoisotopic (exact) mass is 103 g/mol. The van der Waals surface area contributed by atoms with Gasteiger partial charge in [0.2, 0.25) is 0 Å². The first-order chi connectivity index (χ1) is 2.81. The third-order valence-corrected chi connectivity index (χ3v) is 1.59. The van der Waals surface area contributed by atoms with Crippen LogP contribution in [-0.4, -0.2) is 20.8 Å². The highest BCUT2D eigenvalue weighted by molar-refractivity contribution is 6.59. The van der Waals surface area contributed by atoms with Gasteiger partial charge in [0.1, 0.15) is 0 Å². The van der Waals surface area contributed by atoms with Crippen LogP contribution in [0.2, 0.25) is 0 Å². The molecule has 0 aliphatic heterocycles. The normalized spacial score (nSPS) is 12.5. The Hall–Kier alpha value is -0.313. The van der Waals surface area contributed by atoms with Gasteiger partial charge in [0.05, 0.1) is 10.2 Å². The van der Waals surface area contributed by atoms with Crippen molar-refractivity contribution in [2.24, 2.45) is 5.16 Å². The van der Waals surface area contributed by atoms with Gasteiger partial charge in [-0.3, -0.25) is 0 Å². The van der Waals surface area contributed by atoms with E-state index < -0.39 is 0 Å². The molecule has 0 radical (unpaired) electrons. The third kappa shape index (κ3) is 1.96. The van der Waals surface area contributed by atoms with Gasteiger partial charge in [-0.2, -0.15) is 0 Å². The predicted molar refractivity (Wildman–Crippen MR) is 29.5 cm³/mol. The van der Waals surface area contributed by atoms with Gasteiger partial charge in [-0.05, 0) is 6.42 Å². The Morgan fingerprint density at radius 1 is 2.00 bits per heavy atom. The minimum absolute atomic E-state index is 0.890. The van der Waals surface area contributed by atoms with Gasteiger partial charge in [0.15, 0.2) is 0 Å². The van der Waals surface area contributed by atoms with E-state index in [0.717, 1.165) is 22.0 Å². The molecule has 0 rings (SSSR count). The number of nitrogens with zero attached hydrogens (tertiary/aromatic N) is 1. The fourth-order valence-electron chi connectivity index (χ4n) is 0.0707. The van der Waals surface area contributed by atoms with Gasteiger partial charge in [-0.15, -0.1) is 5.16 Å². The summed E-state index contributed by atoms with van der Waals surface area (Å²) in [6.45, 7) is 1.97. The molecule has 0 aromatic rings. The quantitative estimate of drug-likeness (QED) is 0.207. The zero-order valence-corrected chi connectivity index (χ0v) is 6.10. The van der Waals surface area contributed by atoms with Crippen molar-refractivity contribution >= 4 is 15.6 Å². The Morgan fingerprint density at radius 3 is 2.50 bits per heavy atom. The average Bonchev–Trinajstić information content (AvgIpc) is 1.65. The highest BCUT2D eigenvalue weighted by Crippen LogP contribution is 1.73. The van der Waals surface area contributed by atoms with Gasteiger partial charge >= 0.3 is 0 Å². The minimum atomic E-state index is 0.890. The molecule has 36 valence electrons. The molecule has 0 aliphatic rings. The summed E-state index contributed by atoms with van der Waals surface area (Å²) in [7, 11) is 0.890. The van der Waals surface area contributed by atoms with Crippen LogP contribution in [0.15, 0.2) is 5.16 Å². The van der Waals surface area contributed by atoms with E-state index in [0.29, 0.717) is 0 Å². The van der Waals surface area contributed by atoms with Crippen molar-refractivity contribution in [3.63, 3.8) is 0 Å². The van der Waals surface area contributed by atoms with E-state index in [9.17, 15) is 0 Å². The van der Waals surface area contributed by atoms with Crippen molar-refractivity contribution in [3.8, 4) is 0 Å². The molecule has 3 heteroatoms. The number of oxime groups is 1. The summed E-state index contributed by atoms with van der Waals surface area (Å²) in [4.78, 5) is 0. The van der Waals surface area contributed by atoms with E-state index in [1.165, 1.54) is 0 Å². The lowest BCUT2D eigenvalue weighted by atomic mass is 10.5. The molecule has 0 aromatic carbocycles. The van der Waals surface area contributed by atoms with Gasteiger partial charge in [-0.25, -0.2) is 0 Å². The van der Waals surface area contributed by atoms with Gasteiger partial charge in [0.25, 0.3) is 0 Å². The first kappa shape index (κ1) is 5.69. The molecule has 0 saturated carbocycles. The third-order valence-electron chi connectivity index (χ3n) is 0.682. The molecule has 0 amide bonds. The molecular weight excluding hydrogens is 94.1 g/mol. The van der Waals surface area contributed by atoms with E-state index in [4.69, 9.17) is 5.21 Å². The van der Waals surface area contributed by atoms with Crippen LogP contribution in [0.1, 0.15) is 13.3 Å². The van der Waals surface area contributed by atoms with Crippen molar-refractivity contribution in [1.29, 1.82) is 0 Å². The van der Waals surface area contributed by atoms with Crippen molar-refractivity contribution in [2.45, 2.75) is 13.3 Å². The second kappa shape index (κ2) is 2.90. The maximum atomic E-state index is 7.96. The van der Waals surface area contributed by atoms with E-state index in [1.807, 2.05) is 6.92 Å². The zero-order valence-electron chi connectivity index (χ0n) is 4.10. The summed E-state index contributed by atoms with van der Waals surface area (Å²) in [6.07, 6.45) is 0.892. The van der Waals surface area contributed by atoms with Crippen LogP contribution < -0.4 is 0 Å². The van der Waals surface area contributed by atoms with Crippen LogP contribution in [0.4, 0.5) is 0 Å². The summed E-state index contributed by atoms with van der Waals surface area (Å²) in [6, 6.07) is 0. The van der Waals surface area contributed by atoms with Crippen molar-refractivity contribution in [2.75, 3.05) is 0 Å². The molecule has 0 aromatic heterocycles. The second-order valence-corrected chi connectivity index (χ2v) is 2.34. The molecule has 0 heterocycles. The van der Waals surface area contributed by atoms with Crippen LogP contribution in [-0.2, 0) is 0 Å². The maximum Gasteiger partial charge on any atom is 0.0613 e. The molecule has 1 N–H and O–H groups in total. The Morgan fingerprint density at radius 2 is 2.50 bits per heavy atom. The standard InChI is InChI=1S/C3H9NOSi/c1-2-3(6)4-5/h5H,2H2,1,6H3. The van der Waals surface area contributed by atoms with Crippen LogP contribution in [0, 0.1) is 0 Å². The summed E-state index contributed by atoms with van der Waals surface area (Å²) in [5.41, 5.74) is 0. The van der Waals surface area contributed by atoms with E-state index >= 15 is 0 Å². The highest BCUT2D eigenvalue weighted by atomic mass is 28.1. The van der Waals surface area contributed by atoms with Gasteiger partial charge in [-0.1, -0.05) is 6.92 Å². The Labute approximate surface area is 40.3 Å². The molecular formula is C3H9NOSi. The van der Waals surface area contributed by atoms with Crippen LogP contribution in [0.3, 0.4) is 0 Å². The smallest absolute Gasteiger partial charge is 0.0613 e. The lowest BCUT2D eigenvalue weighted by molar-refractivity contribution is 0.319. The SMILES string of the molecule is CCC([SiH3])=NO. The summed E-state index contributed by atoms with van der Waals surface area (Å²) >= 11 is 0. The molecule has 0 bridgehead atoms. The van der Waals surface area contributed by atoms with Crippen molar-refractivity contribution in [3.05, 3.63) is 0 Å². The summed E-state index contributed by atoms with van der Waals surface area (Å²) in [5.74, 6) is 0. The molecule has 2 nitrogen and oxygen atoms in total. The average molecular weight is 103 g/mol. The van der Waals surface area contributed by atoms with Gasteiger partial charge < -0.3 is 5.21 Å². The molecule has 0 aliphatic carbocycles. The zero-order chi connectivity index (χ0) is 4.99. The number of hydrogen-bond donors (Lipinski definition) is 1. The number of rotatable bonds is 1. The maximum absolute atomic E-state index is 7.96. The molecule has 6 heavy (non-hydrogen) atoms. The fraction of sp³-hybridized carbons (Fsp3) is 0.667. The molecule has 0 saturated heterocycles. The topological polar surface area (TPSA) is 32.6 Å². The minimum Gasteiger partial charge on any atom is -0.411 e. The molecule has 0 fully saturated rings. The van der Waals surface area contributed by atoms with Gasteiger partial charge in [0, 0.05) is 5.33 Å². The lowest BCUT2D eigenvalue weighted by Crippen LogP contribution is -1.91. The van der Waals surface area contributed by atoms with Crippen molar-refractivity contribution < 1.29 is 5.21 Å². The first-order valence-corrected chi connectivity index (χ1v) is 2.98. The Balaban J connectivity index is 3.22. The Bertz CT molecular complexity index is 61.8. The van der Waals surface area contributed by atoms with Crippen LogP contribution >= 0.6 is 0 Å². The Kier molecular flexibility index (Phi) is 2.75. The second-order valence-electron chi connectivity index (χ2n) is 1.19. The first-order valence-electron chi connectivity index (χ1n) is 1.98. The highest BCUT2D eigenvalue weighted by Gasteiger charge is 1.77. The van der Waals surface area contributed by atoms with Crippen molar-refractivity contribution in [1.82, 2.24) is 0 Å². The van der Waals surface area contributed by atoms with E-state index in [2.05, 4.69) is 5.16 Å². The molecule has 0 spiro atoms. The van der Waals surface area contributed by atoms with Crippen LogP contribution in [0.25, 0.3) is 0 Å². The lowest BCUT2D eigenvalue weighted by Gasteiger charge is -1.82. The number of hydrogen-bond acceptors (Lipinski definition) is 2. The summed E-state index contributed by atoms with van der Waals surface area (Å²) in [5, 5.41) is 11.9. The molecule has 0 unspecified atom stereocenters. The fourth-order valence-corrected chi connectivity index (χ4v) is 0.0707. The summed E-state index contributed by atoms with van der Waals surface area (Å²) < 4.78 is 0. The van der Waals surface area contributed by atoms with Crippen LogP contribution in [0.5, 0.6) is 0 Å². The van der Waals surface area contributed by atoms with E-state index in [-0.39, 0.29) is 0 Å².